The fourth-order valence-corrected chi connectivity index (χ4v) is 5.83. The SMILES string of the molecule is CCCCCCC1CCc2cc([C@H]3CC[C@](N)(CO)C3)c(I)cc2C1. The summed E-state index contributed by atoms with van der Waals surface area (Å²) in [7, 11) is 0. The number of unbranched alkanes of at least 4 members (excludes halogenated alkanes) is 3. The molecule has 1 unspecified atom stereocenters. The molecule has 3 N–H and O–H groups in total. The summed E-state index contributed by atoms with van der Waals surface area (Å²) in [4.78, 5) is 0. The molecule has 0 aliphatic heterocycles. The average molecular weight is 455 g/mol. The highest BCUT2D eigenvalue weighted by Crippen LogP contribution is 2.42. The molecule has 140 valence electrons. The van der Waals surface area contributed by atoms with E-state index in [-0.39, 0.29) is 12.1 Å². The molecule has 3 rings (SSSR count). The summed E-state index contributed by atoms with van der Waals surface area (Å²) in [6.45, 7) is 2.40. The molecule has 1 aromatic carbocycles. The van der Waals surface area contributed by atoms with E-state index in [9.17, 15) is 5.11 Å². The van der Waals surface area contributed by atoms with Crippen LogP contribution in [0.5, 0.6) is 0 Å². The van der Waals surface area contributed by atoms with Gasteiger partial charge < -0.3 is 10.8 Å². The molecule has 1 fully saturated rings. The standard InChI is InChI=1S/C22H34INO/c1-2-3-4-5-6-16-7-8-17-12-20(21(23)13-19(17)11-16)18-9-10-22(24,14-18)15-25/h12-13,16,18,25H,2-11,14-15,24H2,1H3/t16?,18-,22+/m0/s1. The minimum absolute atomic E-state index is 0.116. The lowest BCUT2D eigenvalue weighted by Gasteiger charge is -2.27. The van der Waals surface area contributed by atoms with E-state index in [0.29, 0.717) is 5.92 Å². The molecular weight excluding hydrogens is 421 g/mol. The maximum atomic E-state index is 9.56. The third-order valence-corrected chi connectivity index (χ3v) is 7.45. The first-order chi connectivity index (χ1) is 12.0. The van der Waals surface area contributed by atoms with E-state index in [1.807, 2.05) is 0 Å². The topological polar surface area (TPSA) is 46.2 Å². The number of benzene rings is 1. The van der Waals surface area contributed by atoms with E-state index in [2.05, 4.69) is 41.6 Å². The highest BCUT2D eigenvalue weighted by atomic mass is 127. The van der Waals surface area contributed by atoms with Gasteiger partial charge in [0.1, 0.15) is 0 Å². The van der Waals surface area contributed by atoms with E-state index in [1.54, 1.807) is 11.1 Å². The van der Waals surface area contributed by atoms with Crippen LogP contribution in [0, 0.1) is 9.49 Å². The maximum absolute atomic E-state index is 9.56. The van der Waals surface area contributed by atoms with Crippen LogP contribution in [0.2, 0.25) is 0 Å². The van der Waals surface area contributed by atoms with Gasteiger partial charge in [-0.1, -0.05) is 45.1 Å². The molecule has 0 heterocycles. The van der Waals surface area contributed by atoms with Crippen molar-refractivity contribution in [1.29, 1.82) is 0 Å². The zero-order valence-electron chi connectivity index (χ0n) is 15.7. The molecule has 2 nitrogen and oxygen atoms in total. The number of halogens is 1. The van der Waals surface area contributed by atoms with Crippen LogP contribution in [0.15, 0.2) is 12.1 Å². The number of hydrogen-bond acceptors (Lipinski definition) is 2. The Balaban J connectivity index is 1.65. The lowest BCUT2D eigenvalue weighted by atomic mass is 9.79. The molecule has 0 saturated heterocycles. The lowest BCUT2D eigenvalue weighted by molar-refractivity contribution is 0.198. The molecule has 2 aliphatic rings. The van der Waals surface area contributed by atoms with E-state index in [4.69, 9.17) is 5.73 Å². The van der Waals surface area contributed by atoms with Crippen LogP contribution in [-0.4, -0.2) is 17.3 Å². The van der Waals surface area contributed by atoms with Gasteiger partial charge in [0.05, 0.1) is 6.61 Å². The quantitative estimate of drug-likeness (QED) is 0.432. The molecule has 3 atom stereocenters. The van der Waals surface area contributed by atoms with Gasteiger partial charge in [0, 0.05) is 9.11 Å². The Labute approximate surface area is 167 Å². The van der Waals surface area contributed by atoms with Gasteiger partial charge in [-0.2, -0.15) is 0 Å². The second kappa shape index (κ2) is 8.71. The van der Waals surface area contributed by atoms with Crippen molar-refractivity contribution in [3.63, 3.8) is 0 Å². The number of aliphatic hydroxyl groups excluding tert-OH is 1. The number of fused-ring (bicyclic) bond motifs is 1. The van der Waals surface area contributed by atoms with Gasteiger partial charge in [-0.15, -0.1) is 0 Å². The minimum atomic E-state index is -0.354. The van der Waals surface area contributed by atoms with Crippen molar-refractivity contribution in [3.05, 3.63) is 32.4 Å². The van der Waals surface area contributed by atoms with Crippen LogP contribution in [0.1, 0.15) is 87.3 Å². The summed E-state index contributed by atoms with van der Waals surface area (Å²) in [6, 6.07) is 4.94. The Morgan fingerprint density at radius 3 is 2.76 bits per heavy atom. The van der Waals surface area contributed by atoms with Gasteiger partial charge in [0.2, 0.25) is 0 Å². The predicted molar refractivity (Wildman–Crippen MR) is 114 cm³/mol. The van der Waals surface area contributed by atoms with Crippen molar-refractivity contribution in [3.8, 4) is 0 Å². The zero-order chi connectivity index (χ0) is 17.9. The number of aliphatic hydroxyl groups is 1. The third kappa shape index (κ3) is 4.78. The molecule has 0 bridgehead atoms. The second-order valence-corrected chi connectivity index (χ2v) is 9.72. The summed E-state index contributed by atoms with van der Waals surface area (Å²) in [5, 5.41) is 9.56. The van der Waals surface area contributed by atoms with Gasteiger partial charge in [-0.25, -0.2) is 0 Å². The third-order valence-electron chi connectivity index (χ3n) is 6.51. The van der Waals surface area contributed by atoms with Crippen LogP contribution in [0.25, 0.3) is 0 Å². The van der Waals surface area contributed by atoms with E-state index in [1.165, 1.54) is 60.5 Å². The van der Waals surface area contributed by atoms with E-state index < -0.39 is 0 Å². The number of nitrogens with two attached hydrogens (primary N) is 1. The normalized spacial score (nSPS) is 29.0. The lowest BCUT2D eigenvalue weighted by Crippen LogP contribution is -2.40. The largest absolute Gasteiger partial charge is 0.394 e. The van der Waals surface area contributed by atoms with Crippen LogP contribution >= 0.6 is 22.6 Å². The first-order valence-electron chi connectivity index (χ1n) is 10.3. The summed E-state index contributed by atoms with van der Waals surface area (Å²) in [6.07, 6.45) is 13.8. The predicted octanol–water partition coefficient (Wildman–Crippen LogP) is 5.32. The molecule has 1 aromatic rings. The van der Waals surface area contributed by atoms with Crippen molar-refractivity contribution >= 4 is 22.6 Å². The van der Waals surface area contributed by atoms with Gasteiger partial charge in [-0.3, -0.25) is 0 Å². The van der Waals surface area contributed by atoms with Crippen molar-refractivity contribution < 1.29 is 5.11 Å². The van der Waals surface area contributed by atoms with Crippen LogP contribution in [-0.2, 0) is 12.8 Å². The molecule has 25 heavy (non-hydrogen) atoms. The van der Waals surface area contributed by atoms with Crippen molar-refractivity contribution in [2.45, 2.75) is 89.0 Å². The van der Waals surface area contributed by atoms with Crippen molar-refractivity contribution in [1.82, 2.24) is 0 Å². The fourth-order valence-electron chi connectivity index (χ4n) is 4.86. The summed E-state index contributed by atoms with van der Waals surface area (Å²) in [5.74, 6) is 1.42. The monoisotopic (exact) mass is 455 g/mol. The van der Waals surface area contributed by atoms with Gasteiger partial charge >= 0.3 is 0 Å². The summed E-state index contributed by atoms with van der Waals surface area (Å²) >= 11 is 2.52. The maximum Gasteiger partial charge on any atom is 0.0611 e. The smallest absolute Gasteiger partial charge is 0.0611 e. The molecule has 1 saturated carbocycles. The Bertz CT molecular complexity index is 588. The molecule has 0 aromatic heterocycles. The Kier molecular flexibility index (Phi) is 6.83. The Morgan fingerprint density at radius 2 is 2.04 bits per heavy atom. The van der Waals surface area contributed by atoms with Gasteiger partial charge in [0.25, 0.3) is 0 Å². The highest BCUT2D eigenvalue weighted by molar-refractivity contribution is 14.1. The number of rotatable bonds is 7. The van der Waals surface area contributed by atoms with Gasteiger partial charge in [0.15, 0.2) is 0 Å². The molecular formula is C22H34INO. The Morgan fingerprint density at radius 1 is 1.20 bits per heavy atom. The second-order valence-electron chi connectivity index (χ2n) is 8.56. The fraction of sp³-hybridized carbons (Fsp3) is 0.727. The van der Waals surface area contributed by atoms with E-state index in [0.717, 1.165) is 25.2 Å². The number of hydrogen-bond donors (Lipinski definition) is 2. The van der Waals surface area contributed by atoms with Crippen LogP contribution < -0.4 is 5.73 Å². The molecule has 2 aliphatic carbocycles. The molecule has 0 amide bonds. The molecule has 3 heteroatoms. The van der Waals surface area contributed by atoms with Crippen LogP contribution in [0.3, 0.4) is 0 Å². The number of aryl methyl sites for hydroxylation is 1. The zero-order valence-corrected chi connectivity index (χ0v) is 17.9. The molecule has 0 radical (unpaired) electrons. The Hall–Kier alpha value is -0.130. The first-order valence-corrected chi connectivity index (χ1v) is 11.3. The molecule has 0 spiro atoms. The van der Waals surface area contributed by atoms with Crippen molar-refractivity contribution in [2.24, 2.45) is 11.7 Å². The summed E-state index contributed by atoms with van der Waals surface area (Å²) < 4.78 is 1.41. The van der Waals surface area contributed by atoms with E-state index >= 15 is 0 Å². The van der Waals surface area contributed by atoms with Gasteiger partial charge in [-0.05, 0) is 95.7 Å². The summed E-state index contributed by atoms with van der Waals surface area (Å²) in [5.41, 5.74) is 10.6. The highest BCUT2D eigenvalue weighted by Gasteiger charge is 2.36. The van der Waals surface area contributed by atoms with Crippen LogP contribution in [0.4, 0.5) is 0 Å². The first kappa shape index (κ1) is 19.6. The average Bonchev–Trinajstić information content (AvgIpc) is 3.01. The minimum Gasteiger partial charge on any atom is -0.394 e. The van der Waals surface area contributed by atoms with Crippen molar-refractivity contribution in [2.75, 3.05) is 6.61 Å².